The molecule has 0 spiro atoms. The van der Waals surface area contributed by atoms with Gasteiger partial charge in [-0.15, -0.1) is 0 Å². The molecule has 1 saturated heterocycles. The lowest BCUT2D eigenvalue weighted by Crippen LogP contribution is -2.27. The Balaban J connectivity index is 2.12. The summed E-state index contributed by atoms with van der Waals surface area (Å²) in [5.74, 6) is -0.625. The molecular formula is C14H18FNO2. The zero-order chi connectivity index (χ0) is 13.1. The molecule has 18 heavy (non-hydrogen) atoms. The summed E-state index contributed by atoms with van der Waals surface area (Å²) in [7, 11) is 0. The Kier molecular flexibility index (Phi) is 3.97. The molecule has 0 amide bonds. The first-order valence-corrected chi connectivity index (χ1v) is 6.27. The smallest absolute Gasteiger partial charge is 0.311 e. The highest BCUT2D eigenvalue weighted by atomic mass is 19.1. The summed E-state index contributed by atoms with van der Waals surface area (Å²) in [6, 6.07) is 6.19. The second-order valence-corrected chi connectivity index (χ2v) is 4.86. The number of carbonyl (C=O) groups excluding carboxylic acids is 1. The molecular weight excluding hydrogens is 233 g/mol. The molecule has 0 aromatic heterocycles. The summed E-state index contributed by atoms with van der Waals surface area (Å²) in [6.45, 7) is 4.46. The minimum absolute atomic E-state index is 0.0724. The first-order valence-electron chi connectivity index (χ1n) is 6.27. The maximum Gasteiger partial charge on any atom is 0.311 e. The fraction of sp³-hybridized carbons (Fsp3) is 0.500. The highest BCUT2D eigenvalue weighted by Crippen LogP contribution is 2.30. The fourth-order valence-electron chi connectivity index (χ4n) is 2.30. The topological polar surface area (TPSA) is 38.3 Å². The normalized spacial score (nSPS) is 23.3. The lowest BCUT2D eigenvalue weighted by atomic mass is 9.94. The molecule has 0 aliphatic carbocycles. The highest BCUT2D eigenvalue weighted by molar-refractivity contribution is 5.74. The quantitative estimate of drug-likeness (QED) is 0.838. The third-order valence-corrected chi connectivity index (χ3v) is 3.11. The first kappa shape index (κ1) is 13.0. The van der Waals surface area contributed by atoms with E-state index in [2.05, 4.69) is 5.32 Å². The van der Waals surface area contributed by atoms with Crippen molar-refractivity contribution in [1.82, 2.24) is 5.32 Å². The van der Waals surface area contributed by atoms with Crippen LogP contribution in [-0.4, -0.2) is 18.6 Å². The van der Waals surface area contributed by atoms with E-state index in [0.29, 0.717) is 0 Å². The molecule has 0 saturated carbocycles. The maximum atomic E-state index is 12.9. The molecule has 3 nitrogen and oxygen atoms in total. The highest BCUT2D eigenvalue weighted by Gasteiger charge is 2.35. The van der Waals surface area contributed by atoms with Crippen molar-refractivity contribution in [3.05, 3.63) is 35.6 Å². The number of halogens is 1. The van der Waals surface area contributed by atoms with Gasteiger partial charge in [-0.25, -0.2) is 4.39 Å². The van der Waals surface area contributed by atoms with Crippen molar-refractivity contribution >= 4 is 5.97 Å². The van der Waals surface area contributed by atoms with Crippen LogP contribution in [0.15, 0.2) is 24.3 Å². The molecule has 0 radical (unpaired) electrons. The van der Waals surface area contributed by atoms with Gasteiger partial charge in [-0.2, -0.15) is 0 Å². The van der Waals surface area contributed by atoms with Gasteiger partial charge in [0.15, 0.2) is 0 Å². The van der Waals surface area contributed by atoms with E-state index in [-0.39, 0.29) is 29.9 Å². The Morgan fingerprint density at radius 1 is 1.39 bits per heavy atom. The molecule has 1 N–H and O–H groups in total. The van der Waals surface area contributed by atoms with Crippen molar-refractivity contribution in [2.45, 2.75) is 32.4 Å². The van der Waals surface area contributed by atoms with Gasteiger partial charge >= 0.3 is 5.97 Å². The SMILES string of the molecule is CC(C)OC(=O)[C@H]1CCN[C@@H]1c1ccc(F)cc1. The van der Waals surface area contributed by atoms with Crippen LogP contribution in [0.1, 0.15) is 31.9 Å². The Hall–Kier alpha value is -1.42. The molecule has 1 heterocycles. The third-order valence-electron chi connectivity index (χ3n) is 3.11. The molecule has 1 aromatic rings. The number of esters is 1. The summed E-state index contributed by atoms with van der Waals surface area (Å²) in [6.07, 6.45) is 0.653. The Bertz CT molecular complexity index is 416. The number of ether oxygens (including phenoxy) is 1. The molecule has 1 aliphatic heterocycles. The van der Waals surface area contributed by atoms with Crippen LogP contribution in [0.3, 0.4) is 0 Å². The van der Waals surface area contributed by atoms with E-state index in [4.69, 9.17) is 4.74 Å². The van der Waals surface area contributed by atoms with Gasteiger partial charge < -0.3 is 10.1 Å². The fourth-order valence-corrected chi connectivity index (χ4v) is 2.30. The number of nitrogens with one attached hydrogen (secondary N) is 1. The molecule has 1 fully saturated rings. The van der Waals surface area contributed by atoms with Crippen molar-refractivity contribution in [3.63, 3.8) is 0 Å². The lowest BCUT2D eigenvalue weighted by Gasteiger charge is -2.20. The van der Waals surface area contributed by atoms with Crippen LogP contribution in [0.4, 0.5) is 4.39 Å². The average Bonchev–Trinajstić information content (AvgIpc) is 2.78. The molecule has 4 heteroatoms. The van der Waals surface area contributed by atoms with Crippen LogP contribution >= 0.6 is 0 Å². The van der Waals surface area contributed by atoms with E-state index in [9.17, 15) is 9.18 Å². The van der Waals surface area contributed by atoms with Gasteiger partial charge in [-0.3, -0.25) is 4.79 Å². The number of rotatable bonds is 3. The Morgan fingerprint density at radius 2 is 2.06 bits per heavy atom. The van der Waals surface area contributed by atoms with Crippen LogP contribution in [0, 0.1) is 11.7 Å². The monoisotopic (exact) mass is 251 g/mol. The van der Waals surface area contributed by atoms with Crippen LogP contribution < -0.4 is 5.32 Å². The predicted molar refractivity (Wildman–Crippen MR) is 66.5 cm³/mol. The van der Waals surface area contributed by atoms with Crippen molar-refractivity contribution < 1.29 is 13.9 Å². The second kappa shape index (κ2) is 5.48. The summed E-state index contributed by atoms with van der Waals surface area (Å²) >= 11 is 0. The van der Waals surface area contributed by atoms with E-state index in [1.54, 1.807) is 12.1 Å². The van der Waals surface area contributed by atoms with Gasteiger partial charge in [-0.05, 0) is 44.5 Å². The van der Waals surface area contributed by atoms with Gasteiger partial charge in [0.2, 0.25) is 0 Å². The second-order valence-electron chi connectivity index (χ2n) is 4.86. The van der Waals surface area contributed by atoms with Crippen LogP contribution in [-0.2, 0) is 9.53 Å². The van der Waals surface area contributed by atoms with Crippen molar-refractivity contribution in [1.29, 1.82) is 0 Å². The van der Waals surface area contributed by atoms with Gasteiger partial charge in [0.05, 0.1) is 12.0 Å². The van der Waals surface area contributed by atoms with Crippen molar-refractivity contribution in [2.75, 3.05) is 6.54 Å². The Labute approximate surface area is 106 Å². The van der Waals surface area contributed by atoms with E-state index >= 15 is 0 Å². The molecule has 0 bridgehead atoms. The number of hydrogen-bond donors (Lipinski definition) is 1. The van der Waals surface area contributed by atoms with Crippen LogP contribution in [0.25, 0.3) is 0 Å². The van der Waals surface area contributed by atoms with Crippen molar-refractivity contribution in [2.24, 2.45) is 5.92 Å². The van der Waals surface area contributed by atoms with Gasteiger partial charge in [0.1, 0.15) is 5.82 Å². The van der Waals surface area contributed by atoms with Gasteiger partial charge in [-0.1, -0.05) is 12.1 Å². The molecule has 2 atom stereocenters. The Morgan fingerprint density at radius 3 is 2.67 bits per heavy atom. The minimum Gasteiger partial charge on any atom is -0.463 e. The van der Waals surface area contributed by atoms with Crippen LogP contribution in [0.5, 0.6) is 0 Å². The summed E-state index contributed by atoms with van der Waals surface area (Å²) in [4.78, 5) is 12.0. The first-order chi connectivity index (χ1) is 8.58. The third kappa shape index (κ3) is 2.88. The average molecular weight is 251 g/mol. The lowest BCUT2D eigenvalue weighted by molar-refractivity contribution is -0.152. The van der Waals surface area contributed by atoms with Gasteiger partial charge in [0.25, 0.3) is 0 Å². The largest absolute Gasteiger partial charge is 0.463 e. The molecule has 0 unspecified atom stereocenters. The summed E-state index contributed by atoms with van der Waals surface area (Å²) < 4.78 is 18.1. The molecule has 1 aliphatic rings. The molecule has 98 valence electrons. The van der Waals surface area contributed by atoms with E-state index in [1.807, 2.05) is 13.8 Å². The number of carbonyl (C=O) groups is 1. The summed E-state index contributed by atoms with van der Waals surface area (Å²) in [5, 5.41) is 3.27. The zero-order valence-corrected chi connectivity index (χ0v) is 10.7. The molecule has 2 rings (SSSR count). The van der Waals surface area contributed by atoms with E-state index in [1.165, 1.54) is 12.1 Å². The predicted octanol–water partition coefficient (Wildman–Crippen LogP) is 2.43. The van der Waals surface area contributed by atoms with Gasteiger partial charge in [0, 0.05) is 6.04 Å². The molecule has 1 aromatic carbocycles. The minimum atomic E-state index is -0.266. The van der Waals surface area contributed by atoms with Crippen LogP contribution in [0.2, 0.25) is 0 Å². The van der Waals surface area contributed by atoms with E-state index in [0.717, 1.165) is 18.5 Å². The summed E-state index contributed by atoms with van der Waals surface area (Å²) in [5.41, 5.74) is 0.930. The van der Waals surface area contributed by atoms with E-state index < -0.39 is 0 Å². The number of benzene rings is 1. The zero-order valence-electron chi connectivity index (χ0n) is 10.7. The maximum absolute atomic E-state index is 12.9. The van der Waals surface area contributed by atoms with Crippen molar-refractivity contribution in [3.8, 4) is 0 Å². The number of hydrogen-bond acceptors (Lipinski definition) is 3. The standard InChI is InChI=1S/C14H18FNO2/c1-9(2)18-14(17)12-7-8-16-13(12)10-3-5-11(15)6-4-10/h3-6,9,12-13,16H,7-8H2,1-2H3/t12-,13+/m0/s1.